The van der Waals surface area contributed by atoms with Crippen LogP contribution in [0.15, 0.2) is 72.3 Å². The number of halogens is 2. The number of benzene rings is 2. The first-order valence-electron chi connectivity index (χ1n) is 8.80. The number of thioether (sulfide) groups is 1. The molecule has 0 fully saturated rings. The molecule has 142 valence electrons. The molecule has 0 aliphatic heterocycles. The average molecular weight is 405 g/mol. The summed E-state index contributed by atoms with van der Waals surface area (Å²) in [6, 6.07) is 12.6. The Labute approximate surface area is 168 Å². The number of hydrogen-bond acceptors (Lipinski definition) is 5. The molecule has 0 saturated heterocycles. The molecule has 5 aromatic rings. The second-order valence-electron chi connectivity index (χ2n) is 6.38. The summed E-state index contributed by atoms with van der Waals surface area (Å²) < 4.78 is 28.8. The highest BCUT2D eigenvalue weighted by atomic mass is 32.2. The van der Waals surface area contributed by atoms with Crippen molar-refractivity contribution < 1.29 is 8.78 Å². The van der Waals surface area contributed by atoms with E-state index in [1.165, 1.54) is 42.4 Å². The molecule has 5 nitrogen and oxygen atoms in total. The Morgan fingerprint density at radius 2 is 1.79 bits per heavy atom. The Balaban J connectivity index is 1.50. The summed E-state index contributed by atoms with van der Waals surface area (Å²) in [4.78, 5) is 13.1. The molecule has 0 unspecified atom stereocenters. The molecular formula is C21H13F2N5S. The van der Waals surface area contributed by atoms with Crippen LogP contribution in [0, 0.1) is 11.6 Å². The van der Waals surface area contributed by atoms with Crippen molar-refractivity contribution >= 4 is 33.7 Å². The Bertz CT molecular complexity index is 1330. The monoisotopic (exact) mass is 405 g/mol. The van der Waals surface area contributed by atoms with E-state index in [0.717, 1.165) is 26.9 Å². The van der Waals surface area contributed by atoms with Gasteiger partial charge < -0.3 is 0 Å². The summed E-state index contributed by atoms with van der Waals surface area (Å²) in [5.74, 6) is -0.107. The predicted molar refractivity (Wildman–Crippen MR) is 108 cm³/mol. The van der Waals surface area contributed by atoms with Crippen LogP contribution >= 0.6 is 11.8 Å². The molecule has 0 spiro atoms. The van der Waals surface area contributed by atoms with Crippen LogP contribution in [0.25, 0.3) is 27.6 Å². The van der Waals surface area contributed by atoms with Crippen LogP contribution in [0.1, 0.15) is 5.56 Å². The highest BCUT2D eigenvalue weighted by molar-refractivity contribution is 7.98. The highest BCUT2D eigenvalue weighted by Gasteiger charge is 2.13. The Morgan fingerprint density at radius 1 is 0.931 bits per heavy atom. The van der Waals surface area contributed by atoms with Crippen molar-refractivity contribution in [2.24, 2.45) is 0 Å². The predicted octanol–water partition coefficient (Wildman–Crippen LogP) is 4.93. The Kier molecular flexibility index (Phi) is 4.40. The van der Waals surface area contributed by atoms with E-state index in [1.54, 1.807) is 35.3 Å². The molecule has 8 heteroatoms. The average Bonchev–Trinajstić information content (AvgIpc) is 3.17. The van der Waals surface area contributed by atoms with Crippen molar-refractivity contribution in [3.8, 4) is 5.69 Å². The van der Waals surface area contributed by atoms with Crippen LogP contribution in [0.5, 0.6) is 0 Å². The smallest absolute Gasteiger partial charge is 0.167 e. The van der Waals surface area contributed by atoms with E-state index in [4.69, 9.17) is 0 Å². The van der Waals surface area contributed by atoms with Crippen LogP contribution < -0.4 is 0 Å². The normalized spacial score (nSPS) is 11.4. The van der Waals surface area contributed by atoms with Crippen molar-refractivity contribution in [2.45, 2.75) is 10.8 Å². The molecule has 0 bridgehead atoms. The Hall–Kier alpha value is -3.39. The zero-order valence-electron chi connectivity index (χ0n) is 15.0. The van der Waals surface area contributed by atoms with Gasteiger partial charge >= 0.3 is 0 Å². The van der Waals surface area contributed by atoms with Gasteiger partial charge in [0.2, 0.25) is 0 Å². The second-order valence-corrected chi connectivity index (χ2v) is 7.34. The third kappa shape index (κ3) is 3.31. The summed E-state index contributed by atoms with van der Waals surface area (Å²) in [7, 11) is 0. The number of fused-ring (bicyclic) bond motifs is 2. The fourth-order valence-electron chi connectivity index (χ4n) is 3.19. The van der Waals surface area contributed by atoms with Crippen LogP contribution in [0.2, 0.25) is 0 Å². The van der Waals surface area contributed by atoms with Crippen molar-refractivity contribution in [3.63, 3.8) is 0 Å². The largest absolute Gasteiger partial charge is 0.256 e. The van der Waals surface area contributed by atoms with Crippen LogP contribution in [0.4, 0.5) is 8.78 Å². The summed E-state index contributed by atoms with van der Waals surface area (Å²) in [6.07, 6.45) is 4.85. The zero-order valence-corrected chi connectivity index (χ0v) is 15.8. The van der Waals surface area contributed by atoms with Gasteiger partial charge in [-0.15, -0.1) is 11.8 Å². The van der Waals surface area contributed by atoms with Crippen molar-refractivity contribution in [2.75, 3.05) is 0 Å². The maximum atomic E-state index is 14.0. The van der Waals surface area contributed by atoms with Crippen LogP contribution in [-0.2, 0) is 5.75 Å². The molecule has 0 saturated carbocycles. The topological polar surface area (TPSA) is 56.5 Å². The standard InChI is InChI=1S/C21H13F2N5S/c22-15-3-5-17(6-4-15)28-20-18(10-27-28)21(26-12-25-20)29-11-14-9-16(23)8-13-2-1-7-24-19(13)14/h1-10,12H,11H2. The lowest BCUT2D eigenvalue weighted by molar-refractivity contribution is 0.627. The lowest BCUT2D eigenvalue weighted by Crippen LogP contribution is -1.98. The second kappa shape index (κ2) is 7.21. The summed E-state index contributed by atoms with van der Waals surface area (Å²) in [6.45, 7) is 0. The SMILES string of the molecule is Fc1ccc(-n2ncc3c(SCc4cc(F)cc5cccnc45)ncnc32)cc1. The maximum absolute atomic E-state index is 14.0. The minimum atomic E-state index is -0.313. The van der Waals surface area contributed by atoms with Gasteiger partial charge in [-0.3, -0.25) is 4.98 Å². The van der Waals surface area contributed by atoms with E-state index >= 15 is 0 Å². The molecule has 0 aliphatic rings. The van der Waals surface area contributed by atoms with Gasteiger partial charge in [-0.2, -0.15) is 5.10 Å². The molecule has 0 atom stereocenters. The molecule has 29 heavy (non-hydrogen) atoms. The van der Waals surface area contributed by atoms with E-state index in [0.29, 0.717) is 17.1 Å². The third-order valence-electron chi connectivity index (χ3n) is 4.51. The van der Waals surface area contributed by atoms with E-state index in [9.17, 15) is 8.78 Å². The van der Waals surface area contributed by atoms with Gasteiger partial charge in [0.25, 0.3) is 0 Å². The number of aromatic nitrogens is 5. The first-order chi connectivity index (χ1) is 14.2. The van der Waals surface area contributed by atoms with E-state index in [1.807, 2.05) is 6.07 Å². The molecule has 0 radical (unpaired) electrons. The van der Waals surface area contributed by atoms with Crippen LogP contribution in [-0.4, -0.2) is 24.7 Å². The highest BCUT2D eigenvalue weighted by Crippen LogP contribution is 2.30. The molecule has 0 aliphatic carbocycles. The van der Waals surface area contributed by atoms with Gasteiger partial charge in [0, 0.05) is 17.3 Å². The quantitative estimate of drug-likeness (QED) is 0.313. The first kappa shape index (κ1) is 17.7. The molecule has 5 rings (SSSR count). The van der Waals surface area contributed by atoms with E-state index in [-0.39, 0.29) is 11.6 Å². The van der Waals surface area contributed by atoms with E-state index < -0.39 is 0 Å². The van der Waals surface area contributed by atoms with Gasteiger partial charge in [0.15, 0.2) is 5.65 Å². The zero-order chi connectivity index (χ0) is 19.8. The van der Waals surface area contributed by atoms with Gasteiger partial charge in [-0.1, -0.05) is 6.07 Å². The van der Waals surface area contributed by atoms with E-state index in [2.05, 4.69) is 20.1 Å². The number of rotatable bonds is 4. The molecular weight excluding hydrogens is 392 g/mol. The van der Waals surface area contributed by atoms with Crippen LogP contribution in [0.3, 0.4) is 0 Å². The molecule has 0 N–H and O–H groups in total. The molecule has 0 amide bonds. The van der Waals surface area contributed by atoms with Gasteiger partial charge in [0.1, 0.15) is 23.0 Å². The molecule has 2 aromatic carbocycles. The Morgan fingerprint density at radius 3 is 2.66 bits per heavy atom. The molecule has 3 aromatic heterocycles. The molecule has 3 heterocycles. The lowest BCUT2D eigenvalue weighted by Gasteiger charge is -2.07. The fraction of sp³-hybridized carbons (Fsp3) is 0.0476. The maximum Gasteiger partial charge on any atom is 0.167 e. The van der Waals surface area contributed by atoms with Crippen molar-refractivity contribution in [3.05, 3.63) is 84.4 Å². The van der Waals surface area contributed by atoms with Crippen molar-refractivity contribution in [1.82, 2.24) is 24.7 Å². The van der Waals surface area contributed by atoms with Gasteiger partial charge in [-0.25, -0.2) is 23.4 Å². The van der Waals surface area contributed by atoms with Crippen molar-refractivity contribution in [1.29, 1.82) is 0 Å². The lowest BCUT2D eigenvalue weighted by atomic mass is 10.1. The summed E-state index contributed by atoms with van der Waals surface area (Å²) in [5.41, 5.74) is 2.89. The minimum Gasteiger partial charge on any atom is -0.256 e. The minimum absolute atomic E-state index is 0.293. The van der Waals surface area contributed by atoms with Gasteiger partial charge in [0.05, 0.1) is 22.8 Å². The number of pyridine rings is 1. The third-order valence-corrected chi connectivity index (χ3v) is 5.57. The van der Waals surface area contributed by atoms with Gasteiger partial charge in [-0.05, 0) is 48.0 Å². The fourth-order valence-corrected chi connectivity index (χ4v) is 4.13. The number of nitrogens with zero attached hydrogens (tertiary/aromatic N) is 5. The number of hydrogen-bond donors (Lipinski definition) is 0. The summed E-state index contributed by atoms with van der Waals surface area (Å²) in [5, 5.41) is 6.65. The first-order valence-corrected chi connectivity index (χ1v) is 9.78. The summed E-state index contributed by atoms with van der Waals surface area (Å²) >= 11 is 1.47.